The number of nitrogens with zero attached hydrogens (tertiary/aromatic N) is 3. The Bertz CT molecular complexity index is 987. The van der Waals surface area contributed by atoms with Crippen molar-refractivity contribution in [2.75, 3.05) is 54.1 Å². The molecule has 4 rings (SSSR count). The molecule has 0 radical (unpaired) electrons. The third kappa shape index (κ3) is 4.77. The first-order valence-electron chi connectivity index (χ1n) is 10.8. The summed E-state index contributed by atoms with van der Waals surface area (Å²) in [5.74, 6) is 1.23. The zero-order valence-electron chi connectivity index (χ0n) is 18.8. The molecular formula is C23H31N3O5S. The third-order valence-electron chi connectivity index (χ3n) is 6.22. The molecule has 2 aromatic rings. The number of methoxy groups -OCH3 is 2. The lowest BCUT2D eigenvalue weighted by Crippen LogP contribution is -2.51. The van der Waals surface area contributed by atoms with Gasteiger partial charge in [0.05, 0.1) is 26.9 Å². The van der Waals surface area contributed by atoms with Gasteiger partial charge in [-0.2, -0.15) is 9.37 Å². The van der Waals surface area contributed by atoms with Crippen LogP contribution in [0.15, 0.2) is 48.5 Å². The molecule has 2 aliphatic rings. The van der Waals surface area contributed by atoms with Crippen molar-refractivity contribution in [3.63, 3.8) is 0 Å². The number of hydroxylamine groups is 2. The van der Waals surface area contributed by atoms with E-state index < -0.39 is 21.3 Å². The average molecular weight is 462 g/mol. The zero-order chi connectivity index (χ0) is 22.7. The lowest BCUT2D eigenvalue weighted by atomic mass is 10.0. The van der Waals surface area contributed by atoms with Gasteiger partial charge >= 0.3 is 0 Å². The summed E-state index contributed by atoms with van der Waals surface area (Å²) >= 11 is 0. The van der Waals surface area contributed by atoms with Crippen LogP contribution in [0.3, 0.4) is 0 Å². The minimum absolute atomic E-state index is 0.118. The van der Waals surface area contributed by atoms with Crippen LogP contribution in [0.25, 0.3) is 0 Å². The Morgan fingerprint density at radius 1 is 0.969 bits per heavy atom. The predicted molar refractivity (Wildman–Crippen MR) is 122 cm³/mol. The Kier molecular flexibility index (Phi) is 7.02. The van der Waals surface area contributed by atoms with Crippen LogP contribution in [-0.2, 0) is 21.4 Å². The van der Waals surface area contributed by atoms with Crippen molar-refractivity contribution in [3.8, 4) is 11.5 Å². The molecule has 2 saturated heterocycles. The Balaban J connectivity index is 1.49. The fourth-order valence-electron chi connectivity index (χ4n) is 4.45. The first-order valence-corrected chi connectivity index (χ1v) is 12.3. The third-order valence-corrected chi connectivity index (χ3v) is 8.47. The van der Waals surface area contributed by atoms with E-state index in [9.17, 15) is 8.42 Å². The lowest BCUT2D eigenvalue weighted by molar-refractivity contribution is -0.110. The molecule has 2 atom stereocenters. The maximum atomic E-state index is 13.6. The van der Waals surface area contributed by atoms with Gasteiger partial charge in [-0.25, -0.2) is 8.42 Å². The highest BCUT2D eigenvalue weighted by atomic mass is 32.2. The summed E-state index contributed by atoms with van der Waals surface area (Å²) in [6.07, 6.45) is 0. The predicted octanol–water partition coefficient (Wildman–Crippen LogP) is 2.14. The molecular weight excluding hydrogens is 430 g/mol. The van der Waals surface area contributed by atoms with E-state index in [1.165, 1.54) is 5.56 Å². The number of hydrogen-bond donors (Lipinski definition) is 0. The Labute approximate surface area is 190 Å². The van der Waals surface area contributed by atoms with Gasteiger partial charge in [0, 0.05) is 45.8 Å². The van der Waals surface area contributed by atoms with E-state index in [1.54, 1.807) is 36.7 Å². The van der Waals surface area contributed by atoms with Crippen molar-refractivity contribution in [1.29, 1.82) is 0 Å². The van der Waals surface area contributed by atoms with Gasteiger partial charge in [0.25, 0.3) is 0 Å². The molecule has 0 unspecified atom stereocenters. The molecule has 8 nitrogen and oxygen atoms in total. The fourth-order valence-corrected chi connectivity index (χ4v) is 6.39. The SMILES string of the molecule is COc1cc(OC)cc([C@H]2[C@@H](S(=O)(=O)N3CCN(Cc4ccccc4)CC3)CON2C)c1. The standard InChI is InChI=1S/C23H31N3O5S/c1-24-23(19-13-20(29-2)15-21(14-19)30-3)22(17-31-24)32(27,28)26-11-9-25(10-12-26)16-18-7-5-4-6-8-18/h4-8,13-15,22-23H,9-12,16-17H2,1-3H3/t22-,23-/m0/s1. The zero-order valence-corrected chi connectivity index (χ0v) is 19.6. The van der Waals surface area contributed by atoms with Crippen LogP contribution < -0.4 is 9.47 Å². The van der Waals surface area contributed by atoms with Crippen molar-refractivity contribution in [1.82, 2.24) is 14.3 Å². The monoisotopic (exact) mass is 461 g/mol. The highest BCUT2D eigenvalue weighted by molar-refractivity contribution is 7.89. The molecule has 0 N–H and O–H groups in total. The number of sulfonamides is 1. The molecule has 0 aliphatic carbocycles. The summed E-state index contributed by atoms with van der Waals surface area (Å²) in [4.78, 5) is 7.99. The molecule has 0 bridgehead atoms. The Hall–Kier alpha value is -2.17. The van der Waals surface area contributed by atoms with Gasteiger partial charge in [-0.05, 0) is 23.3 Å². The largest absolute Gasteiger partial charge is 0.497 e. The van der Waals surface area contributed by atoms with Gasteiger partial charge in [0.1, 0.15) is 16.7 Å². The molecule has 0 spiro atoms. The van der Waals surface area contributed by atoms with E-state index >= 15 is 0 Å². The van der Waals surface area contributed by atoms with Crippen LogP contribution in [0, 0.1) is 0 Å². The number of ether oxygens (including phenoxy) is 2. The van der Waals surface area contributed by atoms with Gasteiger partial charge in [0.15, 0.2) is 0 Å². The maximum Gasteiger partial charge on any atom is 0.221 e. The summed E-state index contributed by atoms with van der Waals surface area (Å²) in [5, 5.41) is 0.923. The van der Waals surface area contributed by atoms with E-state index in [-0.39, 0.29) is 6.61 Å². The number of piperazine rings is 1. The number of rotatable bonds is 7. The van der Waals surface area contributed by atoms with Gasteiger partial charge in [-0.15, -0.1) is 0 Å². The minimum Gasteiger partial charge on any atom is -0.497 e. The molecule has 2 aromatic carbocycles. The lowest BCUT2D eigenvalue weighted by Gasteiger charge is -2.36. The van der Waals surface area contributed by atoms with E-state index in [4.69, 9.17) is 14.3 Å². The fraction of sp³-hybridized carbons (Fsp3) is 0.478. The van der Waals surface area contributed by atoms with Crippen molar-refractivity contribution < 1.29 is 22.7 Å². The quantitative estimate of drug-likeness (QED) is 0.626. The molecule has 32 heavy (non-hydrogen) atoms. The average Bonchev–Trinajstić information content (AvgIpc) is 3.22. The first-order chi connectivity index (χ1) is 15.4. The number of benzene rings is 2. The van der Waals surface area contributed by atoms with Gasteiger partial charge in [-0.1, -0.05) is 30.3 Å². The van der Waals surface area contributed by atoms with E-state index in [0.717, 1.165) is 12.1 Å². The smallest absolute Gasteiger partial charge is 0.221 e. The molecule has 2 heterocycles. The summed E-state index contributed by atoms with van der Waals surface area (Å²) in [6.45, 7) is 3.31. The number of hydrogen-bond acceptors (Lipinski definition) is 7. The van der Waals surface area contributed by atoms with Crippen LogP contribution >= 0.6 is 0 Å². The molecule has 174 valence electrons. The summed E-state index contributed by atoms with van der Waals surface area (Å²) in [5.41, 5.74) is 2.03. The molecule has 0 aromatic heterocycles. The van der Waals surface area contributed by atoms with Crippen molar-refractivity contribution in [2.24, 2.45) is 0 Å². The van der Waals surface area contributed by atoms with Crippen LogP contribution in [0.4, 0.5) is 0 Å². The highest BCUT2D eigenvalue weighted by Crippen LogP contribution is 2.38. The topological polar surface area (TPSA) is 71.5 Å². The highest BCUT2D eigenvalue weighted by Gasteiger charge is 2.46. The van der Waals surface area contributed by atoms with E-state index in [1.807, 2.05) is 30.3 Å². The van der Waals surface area contributed by atoms with Crippen LogP contribution in [-0.4, -0.2) is 82.0 Å². The second-order valence-corrected chi connectivity index (χ2v) is 10.3. The first kappa shape index (κ1) is 23.0. The summed E-state index contributed by atoms with van der Waals surface area (Å²) in [7, 11) is 1.36. The summed E-state index contributed by atoms with van der Waals surface area (Å²) in [6, 6.07) is 15.3. The molecule has 2 fully saturated rings. The van der Waals surface area contributed by atoms with Gasteiger partial charge < -0.3 is 9.47 Å². The minimum atomic E-state index is -3.57. The van der Waals surface area contributed by atoms with Crippen LogP contribution in [0.5, 0.6) is 11.5 Å². The van der Waals surface area contributed by atoms with Crippen molar-refractivity contribution in [2.45, 2.75) is 17.8 Å². The molecule has 9 heteroatoms. The second-order valence-electron chi connectivity index (χ2n) is 8.18. The molecule has 0 saturated carbocycles. The van der Waals surface area contributed by atoms with Gasteiger partial charge in [-0.3, -0.25) is 9.74 Å². The van der Waals surface area contributed by atoms with E-state index in [2.05, 4.69) is 17.0 Å². The van der Waals surface area contributed by atoms with E-state index in [0.29, 0.717) is 37.7 Å². The molecule has 0 amide bonds. The second kappa shape index (κ2) is 9.76. The Morgan fingerprint density at radius 2 is 1.59 bits per heavy atom. The summed E-state index contributed by atoms with van der Waals surface area (Å²) < 4.78 is 39.6. The maximum absolute atomic E-state index is 13.6. The molecule has 2 aliphatic heterocycles. The van der Waals surface area contributed by atoms with Crippen LogP contribution in [0.1, 0.15) is 17.2 Å². The van der Waals surface area contributed by atoms with Gasteiger partial charge in [0.2, 0.25) is 10.0 Å². The van der Waals surface area contributed by atoms with Crippen LogP contribution in [0.2, 0.25) is 0 Å². The normalized spacial score (nSPS) is 23.3. The van der Waals surface area contributed by atoms with Crippen molar-refractivity contribution >= 4 is 10.0 Å². The van der Waals surface area contributed by atoms with Crippen molar-refractivity contribution in [3.05, 3.63) is 59.7 Å². The Morgan fingerprint density at radius 3 is 2.19 bits per heavy atom.